The number of hydrogen-bond acceptors (Lipinski definition) is 4. The Morgan fingerprint density at radius 1 is 1.38 bits per heavy atom. The summed E-state index contributed by atoms with van der Waals surface area (Å²) in [6.45, 7) is 0. The molecule has 0 bridgehead atoms. The van der Waals surface area contributed by atoms with Crippen molar-refractivity contribution >= 4 is 17.0 Å². The first kappa shape index (κ1) is 7.85. The number of fused-ring (bicyclic) bond motifs is 1. The average Bonchev–Trinajstić information content (AvgIpc) is 2.58. The molecule has 2 aromatic rings. The van der Waals surface area contributed by atoms with E-state index in [0.29, 0.717) is 11.7 Å². The number of ether oxygens (including phenoxy) is 1. The van der Waals surface area contributed by atoms with Gasteiger partial charge in [0.05, 0.1) is 12.6 Å². The van der Waals surface area contributed by atoms with Crippen LogP contribution in [-0.2, 0) is 0 Å². The van der Waals surface area contributed by atoms with Gasteiger partial charge in [-0.3, -0.25) is 0 Å². The highest BCUT2D eigenvalue weighted by Crippen LogP contribution is 2.15. The Balaban J connectivity index is 2.57. The van der Waals surface area contributed by atoms with Crippen molar-refractivity contribution < 1.29 is 4.74 Å². The number of nitrogens with one attached hydrogen (secondary N) is 2. The molecule has 13 heavy (non-hydrogen) atoms. The Morgan fingerprint density at radius 3 is 2.92 bits per heavy atom. The van der Waals surface area contributed by atoms with Crippen LogP contribution in [0.15, 0.2) is 12.1 Å². The molecule has 2 rings (SSSR count). The summed E-state index contributed by atoms with van der Waals surface area (Å²) >= 11 is 0. The number of hydrogen-bond donors (Lipinski definition) is 2. The summed E-state index contributed by atoms with van der Waals surface area (Å²) in [6.07, 6.45) is 0. The Bertz CT molecular complexity index is 421. The van der Waals surface area contributed by atoms with E-state index in [0.717, 1.165) is 11.3 Å². The van der Waals surface area contributed by atoms with E-state index in [9.17, 15) is 0 Å². The molecule has 2 N–H and O–H groups in total. The number of nitrogens with zero attached hydrogens (tertiary/aromatic N) is 2. The molecule has 0 aliphatic heterocycles. The third-order valence-electron chi connectivity index (χ3n) is 1.77. The highest BCUT2D eigenvalue weighted by Gasteiger charge is 2.03. The zero-order valence-electron chi connectivity index (χ0n) is 7.46. The van der Waals surface area contributed by atoms with Crippen LogP contribution in [0.4, 0.5) is 5.82 Å². The third kappa shape index (κ3) is 1.28. The molecular weight excluding hydrogens is 168 g/mol. The van der Waals surface area contributed by atoms with Gasteiger partial charge in [0.25, 0.3) is 6.01 Å². The zero-order valence-corrected chi connectivity index (χ0v) is 7.46. The van der Waals surface area contributed by atoms with Crippen LogP contribution >= 0.6 is 0 Å². The fourth-order valence-corrected chi connectivity index (χ4v) is 1.11. The predicted octanol–water partition coefficient (Wildman–Crippen LogP) is 1.01. The summed E-state index contributed by atoms with van der Waals surface area (Å²) in [4.78, 5) is 11.3. The van der Waals surface area contributed by atoms with E-state index in [1.807, 2.05) is 19.2 Å². The van der Waals surface area contributed by atoms with Gasteiger partial charge in [-0.05, 0) is 12.1 Å². The van der Waals surface area contributed by atoms with Crippen molar-refractivity contribution in [2.45, 2.75) is 0 Å². The second kappa shape index (κ2) is 2.93. The third-order valence-corrected chi connectivity index (χ3v) is 1.77. The van der Waals surface area contributed by atoms with E-state index in [-0.39, 0.29) is 0 Å². The van der Waals surface area contributed by atoms with E-state index in [2.05, 4.69) is 20.3 Å². The van der Waals surface area contributed by atoms with Crippen LogP contribution in [0.5, 0.6) is 6.01 Å². The van der Waals surface area contributed by atoms with Crippen LogP contribution < -0.4 is 10.1 Å². The first-order valence-electron chi connectivity index (χ1n) is 3.92. The number of aromatic nitrogens is 3. The summed E-state index contributed by atoms with van der Waals surface area (Å²) in [6, 6.07) is 4.26. The molecule has 0 amide bonds. The van der Waals surface area contributed by atoms with Gasteiger partial charge in [0.15, 0.2) is 5.65 Å². The molecule has 0 aliphatic rings. The largest absolute Gasteiger partial charge is 0.468 e. The number of pyridine rings is 1. The van der Waals surface area contributed by atoms with Crippen molar-refractivity contribution in [2.75, 3.05) is 19.5 Å². The molecule has 0 unspecified atom stereocenters. The van der Waals surface area contributed by atoms with E-state index in [1.165, 1.54) is 0 Å². The van der Waals surface area contributed by atoms with E-state index in [1.54, 1.807) is 7.11 Å². The number of imidazole rings is 1. The monoisotopic (exact) mass is 178 g/mol. The molecule has 5 heteroatoms. The van der Waals surface area contributed by atoms with Crippen LogP contribution in [-0.4, -0.2) is 29.1 Å². The smallest absolute Gasteiger partial charge is 0.295 e. The van der Waals surface area contributed by atoms with Gasteiger partial charge in [-0.25, -0.2) is 4.98 Å². The fourth-order valence-electron chi connectivity index (χ4n) is 1.11. The number of rotatable bonds is 2. The minimum atomic E-state index is 0.482. The summed E-state index contributed by atoms with van der Waals surface area (Å²) in [5.74, 6) is 0.793. The molecule has 5 nitrogen and oxygen atoms in total. The van der Waals surface area contributed by atoms with Gasteiger partial charge in [-0.2, -0.15) is 4.98 Å². The minimum Gasteiger partial charge on any atom is -0.468 e. The van der Waals surface area contributed by atoms with Crippen LogP contribution in [0.2, 0.25) is 0 Å². The lowest BCUT2D eigenvalue weighted by molar-refractivity contribution is 0.386. The maximum absolute atomic E-state index is 4.95. The Labute approximate surface area is 75.2 Å². The van der Waals surface area contributed by atoms with Gasteiger partial charge in [0.2, 0.25) is 0 Å². The summed E-state index contributed by atoms with van der Waals surface area (Å²) in [7, 11) is 3.38. The van der Waals surface area contributed by atoms with Crippen molar-refractivity contribution in [1.29, 1.82) is 0 Å². The fraction of sp³-hybridized carbons (Fsp3) is 0.250. The second-order valence-corrected chi connectivity index (χ2v) is 2.56. The minimum absolute atomic E-state index is 0.482. The first-order valence-corrected chi connectivity index (χ1v) is 3.92. The highest BCUT2D eigenvalue weighted by molar-refractivity contribution is 5.73. The SMILES string of the molecule is CNc1ccc2[nH]c(OC)nc2n1. The van der Waals surface area contributed by atoms with Gasteiger partial charge in [-0.1, -0.05) is 0 Å². The van der Waals surface area contributed by atoms with Crippen molar-refractivity contribution in [1.82, 2.24) is 15.0 Å². The second-order valence-electron chi connectivity index (χ2n) is 2.56. The molecule has 68 valence electrons. The Kier molecular flexibility index (Phi) is 1.77. The lowest BCUT2D eigenvalue weighted by Gasteiger charge is -1.95. The van der Waals surface area contributed by atoms with Gasteiger partial charge in [0, 0.05) is 7.05 Å². The molecule has 0 aliphatic carbocycles. The molecule has 0 saturated carbocycles. The topological polar surface area (TPSA) is 62.8 Å². The normalized spacial score (nSPS) is 10.3. The number of anilines is 1. The molecule has 2 aromatic heterocycles. The van der Waals surface area contributed by atoms with Crippen molar-refractivity contribution in [2.24, 2.45) is 0 Å². The molecule has 0 radical (unpaired) electrons. The van der Waals surface area contributed by atoms with Crippen LogP contribution in [0.25, 0.3) is 11.2 Å². The molecule has 2 heterocycles. The Morgan fingerprint density at radius 2 is 2.23 bits per heavy atom. The van der Waals surface area contributed by atoms with Crippen LogP contribution in [0.3, 0.4) is 0 Å². The van der Waals surface area contributed by atoms with E-state index < -0.39 is 0 Å². The Hall–Kier alpha value is -1.78. The number of H-pyrrole nitrogens is 1. The molecule has 0 spiro atoms. The number of methoxy groups -OCH3 is 1. The molecule has 0 saturated heterocycles. The first-order chi connectivity index (χ1) is 6.33. The summed E-state index contributed by atoms with van der Waals surface area (Å²) < 4.78 is 4.95. The van der Waals surface area contributed by atoms with Crippen LogP contribution in [0.1, 0.15) is 0 Å². The van der Waals surface area contributed by atoms with E-state index >= 15 is 0 Å². The molecule has 0 atom stereocenters. The van der Waals surface area contributed by atoms with Crippen molar-refractivity contribution in [3.05, 3.63) is 12.1 Å². The number of aromatic amines is 1. The molecule has 0 aromatic carbocycles. The van der Waals surface area contributed by atoms with Crippen LogP contribution in [0, 0.1) is 0 Å². The highest BCUT2D eigenvalue weighted by atomic mass is 16.5. The predicted molar refractivity (Wildman–Crippen MR) is 50.0 cm³/mol. The van der Waals surface area contributed by atoms with Gasteiger partial charge < -0.3 is 15.0 Å². The van der Waals surface area contributed by atoms with E-state index in [4.69, 9.17) is 4.74 Å². The van der Waals surface area contributed by atoms with Gasteiger partial charge in [0.1, 0.15) is 5.82 Å². The van der Waals surface area contributed by atoms with Crippen molar-refractivity contribution in [3.8, 4) is 6.01 Å². The summed E-state index contributed by atoms with van der Waals surface area (Å²) in [5.41, 5.74) is 1.53. The lowest BCUT2D eigenvalue weighted by atomic mass is 10.4. The van der Waals surface area contributed by atoms with Crippen molar-refractivity contribution in [3.63, 3.8) is 0 Å². The zero-order chi connectivity index (χ0) is 9.26. The maximum atomic E-state index is 4.95. The molecule has 0 fully saturated rings. The van der Waals surface area contributed by atoms with Gasteiger partial charge in [-0.15, -0.1) is 0 Å². The lowest BCUT2D eigenvalue weighted by Crippen LogP contribution is -1.91. The standard InChI is InChI=1S/C8H10N4O/c1-9-6-4-3-5-7(11-6)12-8(10-5)13-2/h3-4H,1-2H3,(H2,9,10,11,12). The quantitative estimate of drug-likeness (QED) is 0.720. The molecular formula is C8H10N4O. The maximum Gasteiger partial charge on any atom is 0.295 e. The average molecular weight is 178 g/mol. The summed E-state index contributed by atoms with van der Waals surface area (Å²) in [5, 5.41) is 2.94. The van der Waals surface area contributed by atoms with Gasteiger partial charge >= 0.3 is 0 Å².